The average Bonchev–Trinajstić information content (AvgIpc) is 3.30. The summed E-state index contributed by atoms with van der Waals surface area (Å²) in [5.41, 5.74) is 3.53. The van der Waals surface area contributed by atoms with E-state index in [1.807, 2.05) is 30.3 Å². The zero-order valence-electron chi connectivity index (χ0n) is 18.2. The van der Waals surface area contributed by atoms with Gasteiger partial charge in [-0.1, -0.05) is 12.1 Å². The molecule has 0 unspecified atom stereocenters. The molecule has 2 aromatic carbocycles. The molecule has 172 valence electrons. The van der Waals surface area contributed by atoms with Gasteiger partial charge in [0.2, 0.25) is 5.75 Å². The van der Waals surface area contributed by atoms with Gasteiger partial charge in [-0.25, -0.2) is 5.43 Å². The van der Waals surface area contributed by atoms with Crippen molar-refractivity contribution in [3.8, 4) is 28.6 Å². The molecule has 0 aliphatic carbocycles. The number of nitrogens with zero attached hydrogens (tertiary/aromatic N) is 1. The number of hydrazone groups is 1. The summed E-state index contributed by atoms with van der Waals surface area (Å²) in [7, 11) is 4.37. The Bertz CT molecular complexity index is 1130. The first-order chi connectivity index (χ1) is 15.9. The lowest BCUT2D eigenvalue weighted by molar-refractivity contribution is -0.120. The number of carbonyl (C=O) groups is 2. The summed E-state index contributed by atoms with van der Waals surface area (Å²) in [5.74, 6) is 1.21. The molecule has 33 heavy (non-hydrogen) atoms. The van der Waals surface area contributed by atoms with Crippen LogP contribution in [0.4, 0.5) is 0 Å². The van der Waals surface area contributed by atoms with Crippen molar-refractivity contribution in [3.05, 3.63) is 63.4 Å². The Labute approximate surface area is 204 Å². The van der Waals surface area contributed by atoms with Gasteiger partial charge in [-0.15, -0.1) is 0 Å². The molecule has 10 heteroatoms. The Hall–Kier alpha value is -3.54. The SMILES string of the molecule is COc1cc(C(=O)NCC(=O)N/N=C/c2ccc(-c3ccc(I)cc3)o2)cc(OC)c1OC. The van der Waals surface area contributed by atoms with Crippen LogP contribution in [-0.4, -0.2) is 45.9 Å². The van der Waals surface area contributed by atoms with Gasteiger partial charge in [-0.2, -0.15) is 5.10 Å². The monoisotopic (exact) mass is 563 g/mol. The van der Waals surface area contributed by atoms with E-state index in [9.17, 15) is 9.59 Å². The van der Waals surface area contributed by atoms with Crippen LogP contribution in [0.3, 0.4) is 0 Å². The molecule has 0 radical (unpaired) electrons. The number of methoxy groups -OCH3 is 3. The molecule has 0 aliphatic heterocycles. The van der Waals surface area contributed by atoms with Gasteiger partial charge < -0.3 is 23.9 Å². The Kier molecular flexibility index (Phi) is 8.30. The molecule has 0 saturated carbocycles. The van der Waals surface area contributed by atoms with Crippen molar-refractivity contribution in [2.24, 2.45) is 5.10 Å². The molecule has 2 amide bonds. The highest BCUT2D eigenvalue weighted by Crippen LogP contribution is 2.38. The van der Waals surface area contributed by atoms with Crippen LogP contribution in [0.2, 0.25) is 0 Å². The molecule has 0 aliphatic rings. The largest absolute Gasteiger partial charge is 0.493 e. The molecule has 1 aromatic heterocycles. The first-order valence-corrected chi connectivity index (χ1v) is 10.8. The number of halogens is 1. The minimum atomic E-state index is -0.503. The average molecular weight is 563 g/mol. The maximum absolute atomic E-state index is 12.4. The van der Waals surface area contributed by atoms with Gasteiger partial charge in [0.25, 0.3) is 11.8 Å². The number of rotatable bonds is 9. The van der Waals surface area contributed by atoms with Crippen LogP contribution in [0.1, 0.15) is 16.1 Å². The summed E-state index contributed by atoms with van der Waals surface area (Å²) in [6.45, 7) is -0.279. The molecule has 0 bridgehead atoms. The molecule has 2 N–H and O–H groups in total. The van der Waals surface area contributed by atoms with Crippen LogP contribution in [0.15, 0.2) is 58.0 Å². The number of benzene rings is 2. The van der Waals surface area contributed by atoms with Crippen LogP contribution in [0.25, 0.3) is 11.3 Å². The van der Waals surface area contributed by atoms with Crippen LogP contribution >= 0.6 is 22.6 Å². The van der Waals surface area contributed by atoms with Crippen LogP contribution in [0, 0.1) is 3.57 Å². The second-order valence-corrected chi connectivity index (χ2v) is 7.84. The smallest absolute Gasteiger partial charge is 0.259 e. The van der Waals surface area contributed by atoms with Crippen molar-refractivity contribution in [1.29, 1.82) is 0 Å². The standard InChI is InChI=1S/C23H22IN3O6/c1-30-19-10-15(11-20(31-2)22(19)32-3)23(29)25-13-21(28)27-26-12-17-8-9-18(33-17)14-4-6-16(24)7-5-14/h4-12H,13H2,1-3H3,(H,25,29)(H,27,28)/b26-12+. The molecule has 3 aromatic rings. The van der Waals surface area contributed by atoms with Crippen molar-refractivity contribution in [3.63, 3.8) is 0 Å². The predicted molar refractivity (Wildman–Crippen MR) is 131 cm³/mol. The van der Waals surface area contributed by atoms with E-state index >= 15 is 0 Å². The van der Waals surface area contributed by atoms with E-state index in [0.717, 1.165) is 9.13 Å². The third kappa shape index (κ3) is 6.25. The molecule has 0 spiro atoms. The third-order valence-electron chi connectivity index (χ3n) is 4.47. The van der Waals surface area contributed by atoms with Gasteiger partial charge in [-0.05, 0) is 59.0 Å². The Morgan fingerprint density at radius 3 is 2.27 bits per heavy atom. The lowest BCUT2D eigenvalue weighted by Gasteiger charge is -2.14. The molecule has 3 rings (SSSR count). The van der Waals surface area contributed by atoms with E-state index in [-0.39, 0.29) is 12.1 Å². The van der Waals surface area contributed by atoms with E-state index in [1.54, 1.807) is 6.07 Å². The number of amides is 2. The lowest BCUT2D eigenvalue weighted by Crippen LogP contribution is -2.34. The number of hydrogen-bond donors (Lipinski definition) is 2. The summed E-state index contributed by atoms with van der Waals surface area (Å²) < 4.78 is 22.5. The maximum atomic E-state index is 12.4. The second kappa shape index (κ2) is 11.4. The molecular formula is C23H22IN3O6. The predicted octanol–water partition coefficient (Wildman–Crippen LogP) is 3.46. The molecule has 0 fully saturated rings. The Morgan fingerprint density at radius 2 is 1.67 bits per heavy atom. The van der Waals surface area contributed by atoms with Crippen molar-refractivity contribution < 1.29 is 28.2 Å². The van der Waals surface area contributed by atoms with Crippen molar-refractivity contribution in [1.82, 2.24) is 10.7 Å². The fraction of sp³-hybridized carbons (Fsp3) is 0.174. The number of hydrogen-bond acceptors (Lipinski definition) is 7. The van der Waals surface area contributed by atoms with Crippen LogP contribution < -0.4 is 25.0 Å². The van der Waals surface area contributed by atoms with Gasteiger partial charge in [0.05, 0.1) is 34.1 Å². The summed E-state index contributed by atoms with van der Waals surface area (Å²) >= 11 is 2.23. The molecule has 0 saturated heterocycles. The van der Waals surface area contributed by atoms with Gasteiger partial charge >= 0.3 is 0 Å². The Morgan fingerprint density at radius 1 is 1.00 bits per heavy atom. The summed E-state index contributed by atoms with van der Waals surface area (Å²) in [5, 5.41) is 6.38. The first kappa shape index (κ1) is 24.1. The van der Waals surface area contributed by atoms with Gasteiger partial charge in [-0.3, -0.25) is 9.59 Å². The van der Waals surface area contributed by atoms with Crippen LogP contribution in [0.5, 0.6) is 17.2 Å². The molecular weight excluding hydrogens is 541 g/mol. The van der Waals surface area contributed by atoms with Crippen LogP contribution in [-0.2, 0) is 4.79 Å². The summed E-state index contributed by atoms with van der Waals surface area (Å²) in [6, 6.07) is 14.4. The summed E-state index contributed by atoms with van der Waals surface area (Å²) in [4.78, 5) is 24.5. The van der Waals surface area contributed by atoms with E-state index < -0.39 is 11.8 Å². The summed E-state index contributed by atoms with van der Waals surface area (Å²) in [6.07, 6.45) is 1.38. The Balaban J connectivity index is 1.54. The van der Waals surface area contributed by atoms with Gasteiger partial charge in [0.1, 0.15) is 11.5 Å². The van der Waals surface area contributed by atoms with E-state index in [1.165, 1.54) is 39.7 Å². The highest BCUT2D eigenvalue weighted by Gasteiger charge is 2.17. The highest BCUT2D eigenvalue weighted by atomic mass is 127. The fourth-order valence-electron chi connectivity index (χ4n) is 2.87. The van der Waals surface area contributed by atoms with Gasteiger partial charge in [0.15, 0.2) is 11.5 Å². The van der Waals surface area contributed by atoms with Crippen molar-refractivity contribution >= 4 is 40.6 Å². The first-order valence-electron chi connectivity index (χ1n) is 9.71. The number of nitrogens with one attached hydrogen (secondary N) is 2. The van der Waals surface area contributed by atoms with Gasteiger partial charge in [0, 0.05) is 14.7 Å². The highest BCUT2D eigenvalue weighted by molar-refractivity contribution is 14.1. The number of carbonyl (C=O) groups excluding carboxylic acids is 2. The normalized spacial score (nSPS) is 10.7. The molecule has 1 heterocycles. The van der Waals surface area contributed by atoms with E-state index in [0.29, 0.717) is 28.8 Å². The quantitative estimate of drug-likeness (QED) is 0.235. The number of furan rings is 1. The lowest BCUT2D eigenvalue weighted by atomic mass is 10.1. The van der Waals surface area contributed by atoms with Crippen molar-refractivity contribution in [2.45, 2.75) is 0 Å². The second-order valence-electron chi connectivity index (χ2n) is 6.60. The maximum Gasteiger partial charge on any atom is 0.259 e. The van der Waals surface area contributed by atoms with Crippen molar-refractivity contribution in [2.75, 3.05) is 27.9 Å². The fourth-order valence-corrected chi connectivity index (χ4v) is 3.23. The molecule has 9 nitrogen and oxygen atoms in total. The number of ether oxygens (including phenoxy) is 3. The van der Waals surface area contributed by atoms with E-state index in [4.69, 9.17) is 18.6 Å². The zero-order chi connectivity index (χ0) is 23.8. The zero-order valence-corrected chi connectivity index (χ0v) is 20.3. The minimum absolute atomic E-state index is 0.250. The third-order valence-corrected chi connectivity index (χ3v) is 5.19. The van der Waals surface area contributed by atoms with E-state index in [2.05, 4.69) is 38.4 Å². The minimum Gasteiger partial charge on any atom is -0.493 e. The topological polar surface area (TPSA) is 111 Å². The molecule has 0 atom stereocenters.